The van der Waals surface area contributed by atoms with Crippen molar-refractivity contribution in [3.05, 3.63) is 35.4 Å². The van der Waals surface area contributed by atoms with Gasteiger partial charge in [-0.05, 0) is 49.8 Å². The van der Waals surface area contributed by atoms with E-state index in [1.54, 1.807) is 0 Å². The summed E-state index contributed by atoms with van der Waals surface area (Å²) < 4.78 is 0. The highest BCUT2D eigenvalue weighted by molar-refractivity contribution is 5.94. The molecule has 1 amide bonds. The van der Waals surface area contributed by atoms with Crippen LogP contribution in [0.4, 0.5) is 0 Å². The van der Waals surface area contributed by atoms with E-state index in [2.05, 4.69) is 6.07 Å². The fraction of sp³-hybridized carbons (Fsp3) is 0.600. The quantitative estimate of drug-likeness (QED) is 0.909. The SMILES string of the molecule is N#CC1(c2ccc(C(=O)N3CCC4(O)CCCCC4C3)cc2)CC1. The van der Waals surface area contributed by atoms with Crippen LogP contribution in [0.3, 0.4) is 0 Å². The Labute approximate surface area is 143 Å². The number of piperidine rings is 1. The molecular formula is C20H24N2O2. The number of aliphatic hydroxyl groups is 1. The number of amides is 1. The third-order valence-electron chi connectivity index (χ3n) is 6.36. The smallest absolute Gasteiger partial charge is 0.253 e. The van der Waals surface area contributed by atoms with Gasteiger partial charge < -0.3 is 10.0 Å². The van der Waals surface area contributed by atoms with Crippen molar-refractivity contribution in [2.45, 2.75) is 56.0 Å². The zero-order valence-corrected chi connectivity index (χ0v) is 14.0. The molecule has 2 aliphatic carbocycles. The second-order valence-electron chi connectivity index (χ2n) is 7.82. The molecule has 1 N–H and O–H groups in total. The van der Waals surface area contributed by atoms with Gasteiger partial charge in [0.1, 0.15) is 0 Å². The number of hydrogen-bond donors (Lipinski definition) is 1. The van der Waals surface area contributed by atoms with E-state index in [0.717, 1.165) is 44.1 Å². The van der Waals surface area contributed by atoms with E-state index in [9.17, 15) is 15.2 Å². The van der Waals surface area contributed by atoms with Crippen molar-refractivity contribution in [2.24, 2.45) is 5.92 Å². The number of likely N-dealkylation sites (tertiary alicyclic amines) is 1. The summed E-state index contributed by atoms with van der Waals surface area (Å²) in [6.45, 7) is 1.30. The number of benzene rings is 1. The van der Waals surface area contributed by atoms with Crippen molar-refractivity contribution in [3.8, 4) is 6.07 Å². The molecule has 4 rings (SSSR count). The minimum Gasteiger partial charge on any atom is -0.389 e. The number of rotatable bonds is 2. The molecule has 24 heavy (non-hydrogen) atoms. The second kappa shape index (κ2) is 5.60. The van der Waals surface area contributed by atoms with Crippen molar-refractivity contribution < 1.29 is 9.90 Å². The van der Waals surface area contributed by atoms with E-state index >= 15 is 0 Å². The summed E-state index contributed by atoms with van der Waals surface area (Å²) >= 11 is 0. The zero-order chi connectivity index (χ0) is 16.8. The molecule has 2 unspecified atom stereocenters. The first-order valence-electron chi connectivity index (χ1n) is 9.10. The molecule has 4 heteroatoms. The number of carbonyl (C=O) groups excluding carboxylic acids is 1. The van der Waals surface area contributed by atoms with E-state index in [0.29, 0.717) is 25.1 Å². The van der Waals surface area contributed by atoms with Crippen LogP contribution in [-0.2, 0) is 5.41 Å². The van der Waals surface area contributed by atoms with Gasteiger partial charge in [0.15, 0.2) is 0 Å². The van der Waals surface area contributed by atoms with Crippen LogP contribution in [-0.4, -0.2) is 34.6 Å². The van der Waals surface area contributed by atoms with Crippen LogP contribution in [0.15, 0.2) is 24.3 Å². The topological polar surface area (TPSA) is 64.3 Å². The van der Waals surface area contributed by atoms with E-state index < -0.39 is 5.60 Å². The summed E-state index contributed by atoms with van der Waals surface area (Å²) in [4.78, 5) is 14.7. The highest BCUT2D eigenvalue weighted by atomic mass is 16.3. The Bertz CT molecular complexity index is 687. The average molecular weight is 324 g/mol. The lowest BCUT2D eigenvalue weighted by molar-refractivity contribution is -0.0886. The van der Waals surface area contributed by atoms with Crippen molar-refractivity contribution in [2.75, 3.05) is 13.1 Å². The first kappa shape index (κ1) is 15.7. The van der Waals surface area contributed by atoms with Crippen LogP contribution in [0.5, 0.6) is 0 Å². The van der Waals surface area contributed by atoms with Gasteiger partial charge in [-0.25, -0.2) is 0 Å². The van der Waals surface area contributed by atoms with Gasteiger partial charge >= 0.3 is 0 Å². The number of nitrogens with zero attached hydrogens (tertiary/aromatic N) is 2. The lowest BCUT2D eigenvalue weighted by atomic mass is 9.71. The van der Waals surface area contributed by atoms with Crippen molar-refractivity contribution in [1.29, 1.82) is 5.26 Å². The Morgan fingerprint density at radius 3 is 2.58 bits per heavy atom. The van der Waals surface area contributed by atoms with Crippen molar-refractivity contribution in [3.63, 3.8) is 0 Å². The number of nitriles is 1. The Morgan fingerprint density at radius 1 is 1.17 bits per heavy atom. The molecule has 2 atom stereocenters. The van der Waals surface area contributed by atoms with Gasteiger partial charge in [0.05, 0.1) is 17.1 Å². The maximum atomic E-state index is 12.8. The predicted octanol–water partition coefficient (Wildman–Crippen LogP) is 3.01. The molecule has 1 saturated heterocycles. The largest absolute Gasteiger partial charge is 0.389 e. The third-order valence-corrected chi connectivity index (χ3v) is 6.36. The predicted molar refractivity (Wildman–Crippen MR) is 90.4 cm³/mol. The van der Waals surface area contributed by atoms with Crippen LogP contribution >= 0.6 is 0 Å². The molecular weight excluding hydrogens is 300 g/mol. The van der Waals surface area contributed by atoms with Gasteiger partial charge in [0.25, 0.3) is 5.91 Å². The maximum absolute atomic E-state index is 12.8. The van der Waals surface area contributed by atoms with Crippen LogP contribution in [0.1, 0.15) is 60.9 Å². The molecule has 1 aliphatic heterocycles. The lowest BCUT2D eigenvalue weighted by Crippen LogP contribution is -2.54. The molecule has 0 spiro atoms. The van der Waals surface area contributed by atoms with Crippen LogP contribution < -0.4 is 0 Å². The molecule has 3 aliphatic rings. The molecule has 126 valence electrons. The van der Waals surface area contributed by atoms with Gasteiger partial charge in [-0.2, -0.15) is 5.26 Å². The van der Waals surface area contributed by atoms with Gasteiger partial charge in [-0.15, -0.1) is 0 Å². The molecule has 0 radical (unpaired) electrons. The van der Waals surface area contributed by atoms with Crippen LogP contribution in [0.25, 0.3) is 0 Å². The van der Waals surface area contributed by atoms with Crippen molar-refractivity contribution in [1.82, 2.24) is 4.90 Å². The Morgan fingerprint density at radius 2 is 1.92 bits per heavy atom. The summed E-state index contributed by atoms with van der Waals surface area (Å²) in [5, 5.41) is 20.0. The Balaban J connectivity index is 1.47. The molecule has 4 nitrogen and oxygen atoms in total. The number of hydrogen-bond acceptors (Lipinski definition) is 3. The highest BCUT2D eigenvalue weighted by Crippen LogP contribution is 2.47. The number of carbonyl (C=O) groups is 1. The van der Waals surface area contributed by atoms with E-state index in [1.807, 2.05) is 29.2 Å². The van der Waals surface area contributed by atoms with Gasteiger partial charge in [-0.1, -0.05) is 25.0 Å². The monoisotopic (exact) mass is 324 g/mol. The average Bonchev–Trinajstić information content (AvgIpc) is 3.42. The third kappa shape index (κ3) is 2.52. The first-order chi connectivity index (χ1) is 11.6. The maximum Gasteiger partial charge on any atom is 0.253 e. The Hall–Kier alpha value is -1.86. The fourth-order valence-electron chi connectivity index (χ4n) is 4.46. The van der Waals surface area contributed by atoms with E-state index in [-0.39, 0.29) is 17.2 Å². The number of fused-ring (bicyclic) bond motifs is 1. The fourth-order valence-corrected chi connectivity index (χ4v) is 4.46. The van der Waals surface area contributed by atoms with Gasteiger partial charge in [0.2, 0.25) is 0 Å². The van der Waals surface area contributed by atoms with E-state index in [1.165, 1.54) is 0 Å². The summed E-state index contributed by atoms with van der Waals surface area (Å²) in [7, 11) is 0. The molecule has 1 aromatic rings. The van der Waals surface area contributed by atoms with Crippen molar-refractivity contribution >= 4 is 5.91 Å². The summed E-state index contributed by atoms with van der Waals surface area (Å²) in [5.74, 6) is 0.271. The first-order valence-corrected chi connectivity index (χ1v) is 9.10. The molecule has 1 aromatic carbocycles. The van der Waals surface area contributed by atoms with Gasteiger partial charge in [0, 0.05) is 24.6 Å². The summed E-state index contributed by atoms with van der Waals surface area (Å²) in [6.07, 6.45) is 6.68. The summed E-state index contributed by atoms with van der Waals surface area (Å²) in [6, 6.07) is 9.98. The molecule has 0 bridgehead atoms. The van der Waals surface area contributed by atoms with Crippen LogP contribution in [0, 0.1) is 17.2 Å². The minimum absolute atomic E-state index is 0.0518. The standard InChI is InChI=1S/C20H24N2O2/c21-14-19(9-10-19)16-6-4-15(5-7-16)18(23)22-12-11-20(24)8-2-1-3-17(20)13-22/h4-7,17,24H,1-3,8-13H2. The normalized spacial score (nSPS) is 31.0. The molecule has 1 heterocycles. The summed E-state index contributed by atoms with van der Waals surface area (Å²) in [5.41, 5.74) is 0.866. The molecule has 3 fully saturated rings. The molecule has 0 aromatic heterocycles. The zero-order valence-electron chi connectivity index (χ0n) is 14.0. The lowest BCUT2D eigenvalue weighted by Gasteiger charge is -2.47. The van der Waals surface area contributed by atoms with E-state index in [4.69, 9.17) is 0 Å². The minimum atomic E-state index is -0.552. The van der Waals surface area contributed by atoms with Gasteiger partial charge in [-0.3, -0.25) is 4.79 Å². The Kier molecular flexibility index (Phi) is 3.65. The molecule has 2 saturated carbocycles. The highest BCUT2D eigenvalue weighted by Gasteiger charge is 2.45. The second-order valence-corrected chi connectivity index (χ2v) is 7.82. The van der Waals surface area contributed by atoms with Crippen LogP contribution in [0.2, 0.25) is 0 Å².